The second kappa shape index (κ2) is 4.07. The van der Waals surface area contributed by atoms with Gasteiger partial charge in [-0.15, -0.1) is 11.3 Å². The molecule has 0 saturated carbocycles. The lowest BCUT2D eigenvalue weighted by molar-refractivity contribution is -0.134. The zero-order valence-corrected chi connectivity index (χ0v) is 9.16. The van der Waals surface area contributed by atoms with Gasteiger partial charge in [-0.1, -0.05) is 12.1 Å². The monoisotopic (exact) mass is 245 g/mol. The molecule has 0 aliphatic heterocycles. The average Bonchev–Trinajstić information content (AvgIpc) is 2.62. The molecular weight excluding hydrogens is 235 g/mol. The van der Waals surface area contributed by atoms with Gasteiger partial charge in [-0.3, -0.25) is 0 Å². The van der Waals surface area contributed by atoms with Gasteiger partial charge in [0.15, 0.2) is 0 Å². The summed E-state index contributed by atoms with van der Waals surface area (Å²) in [6, 6.07) is 6.51. The SMILES string of the molecule is NCCc1cccc2sc(C(F)(F)F)cc12. The highest BCUT2D eigenvalue weighted by atomic mass is 32.1. The summed E-state index contributed by atoms with van der Waals surface area (Å²) in [7, 11) is 0. The highest BCUT2D eigenvalue weighted by Gasteiger charge is 2.32. The third-order valence-electron chi connectivity index (χ3n) is 2.34. The molecule has 0 saturated heterocycles. The van der Waals surface area contributed by atoms with Crippen LogP contribution in [0, 0.1) is 0 Å². The summed E-state index contributed by atoms with van der Waals surface area (Å²) < 4.78 is 38.3. The van der Waals surface area contributed by atoms with Gasteiger partial charge >= 0.3 is 6.18 Å². The number of nitrogens with two attached hydrogens (primary N) is 1. The van der Waals surface area contributed by atoms with Gasteiger partial charge in [-0.05, 0) is 36.0 Å². The van der Waals surface area contributed by atoms with Crippen molar-refractivity contribution in [1.29, 1.82) is 0 Å². The summed E-state index contributed by atoms with van der Waals surface area (Å²) in [4.78, 5) is -0.549. The Morgan fingerprint density at radius 3 is 2.62 bits per heavy atom. The van der Waals surface area contributed by atoms with E-state index in [1.165, 1.54) is 6.07 Å². The smallest absolute Gasteiger partial charge is 0.330 e. The molecule has 0 bridgehead atoms. The van der Waals surface area contributed by atoms with Crippen molar-refractivity contribution >= 4 is 21.4 Å². The van der Waals surface area contributed by atoms with Gasteiger partial charge in [0.05, 0.1) is 0 Å². The molecule has 2 rings (SSSR count). The van der Waals surface area contributed by atoms with Crippen LogP contribution in [0.3, 0.4) is 0 Å². The fourth-order valence-corrected chi connectivity index (χ4v) is 2.61. The molecule has 1 aromatic heterocycles. The van der Waals surface area contributed by atoms with Gasteiger partial charge in [0, 0.05) is 4.70 Å². The van der Waals surface area contributed by atoms with E-state index >= 15 is 0 Å². The average molecular weight is 245 g/mol. The number of halogens is 3. The van der Waals surface area contributed by atoms with Crippen molar-refractivity contribution in [1.82, 2.24) is 0 Å². The third kappa shape index (κ3) is 2.05. The standard InChI is InChI=1S/C11H10F3NS/c12-11(13,14)10-6-8-7(4-5-15)2-1-3-9(8)16-10/h1-3,6H,4-5,15H2. The number of alkyl halides is 3. The molecule has 1 heterocycles. The van der Waals surface area contributed by atoms with E-state index < -0.39 is 11.1 Å². The summed E-state index contributed by atoms with van der Waals surface area (Å²) in [5.41, 5.74) is 6.31. The molecular formula is C11H10F3NS. The summed E-state index contributed by atoms with van der Waals surface area (Å²) in [5, 5.41) is 0.672. The maximum absolute atomic E-state index is 12.5. The lowest BCUT2D eigenvalue weighted by Crippen LogP contribution is -2.03. The van der Waals surface area contributed by atoms with E-state index in [-0.39, 0.29) is 0 Å². The van der Waals surface area contributed by atoms with E-state index in [0.717, 1.165) is 16.9 Å². The Labute approximate surface area is 94.7 Å². The van der Waals surface area contributed by atoms with Gasteiger partial charge in [0.25, 0.3) is 0 Å². The second-order valence-corrected chi connectivity index (χ2v) is 4.56. The molecule has 0 fully saturated rings. The highest BCUT2D eigenvalue weighted by molar-refractivity contribution is 7.19. The first-order valence-corrected chi connectivity index (χ1v) is 5.62. The number of benzene rings is 1. The number of rotatable bonds is 2. The van der Waals surface area contributed by atoms with Crippen molar-refractivity contribution in [2.75, 3.05) is 6.54 Å². The molecule has 0 unspecified atom stereocenters. The van der Waals surface area contributed by atoms with Crippen LogP contribution in [0.2, 0.25) is 0 Å². The first kappa shape index (κ1) is 11.4. The molecule has 0 radical (unpaired) electrons. The quantitative estimate of drug-likeness (QED) is 0.862. The summed E-state index contributed by atoms with van der Waals surface area (Å²) >= 11 is 0.778. The van der Waals surface area contributed by atoms with E-state index in [4.69, 9.17) is 5.73 Å². The van der Waals surface area contributed by atoms with E-state index in [1.54, 1.807) is 12.1 Å². The molecule has 1 aromatic carbocycles. The largest absolute Gasteiger partial charge is 0.425 e. The molecule has 86 valence electrons. The summed E-state index contributed by atoms with van der Waals surface area (Å²) in [6.07, 6.45) is -3.66. The zero-order valence-electron chi connectivity index (χ0n) is 8.34. The lowest BCUT2D eigenvalue weighted by atomic mass is 10.1. The van der Waals surface area contributed by atoms with Crippen LogP contribution < -0.4 is 5.73 Å². The van der Waals surface area contributed by atoms with Crippen molar-refractivity contribution in [2.24, 2.45) is 5.73 Å². The number of thiophene rings is 1. The van der Waals surface area contributed by atoms with Crippen LogP contribution >= 0.6 is 11.3 Å². The van der Waals surface area contributed by atoms with Gasteiger partial charge in [-0.25, -0.2) is 0 Å². The second-order valence-electron chi connectivity index (χ2n) is 3.48. The lowest BCUT2D eigenvalue weighted by Gasteiger charge is -2.00. The van der Waals surface area contributed by atoms with Crippen molar-refractivity contribution in [3.63, 3.8) is 0 Å². The Bertz CT molecular complexity index is 501. The van der Waals surface area contributed by atoms with Crippen LogP contribution in [0.4, 0.5) is 13.2 Å². The van der Waals surface area contributed by atoms with E-state index in [9.17, 15) is 13.2 Å². The maximum atomic E-state index is 12.5. The fraction of sp³-hybridized carbons (Fsp3) is 0.273. The molecule has 5 heteroatoms. The minimum absolute atomic E-state index is 0.441. The minimum Gasteiger partial charge on any atom is -0.330 e. The molecule has 2 aromatic rings. The molecule has 0 aliphatic carbocycles. The normalized spacial score (nSPS) is 12.2. The predicted octanol–water partition coefficient (Wildman–Crippen LogP) is 3.42. The number of fused-ring (bicyclic) bond motifs is 1. The summed E-state index contributed by atoms with van der Waals surface area (Å²) in [6.45, 7) is 0.441. The van der Waals surface area contributed by atoms with Crippen LogP contribution in [-0.4, -0.2) is 6.54 Å². The van der Waals surface area contributed by atoms with Gasteiger partial charge in [0.2, 0.25) is 0 Å². The zero-order chi connectivity index (χ0) is 11.8. The van der Waals surface area contributed by atoms with Crippen LogP contribution in [0.25, 0.3) is 10.1 Å². The molecule has 1 nitrogen and oxygen atoms in total. The summed E-state index contributed by atoms with van der Waals surface area (Å²) in [5.74, 6) is 0. The Kier molecular flexibility index (Phi) is 2.90. The van der Waals surface area contributed by atoms with Crippen molar-refractivity contribution in [2.45, 2.75) is 12.6 Å². The highest BCUT2D eigenvalue weighted by Crippen LogP contribution is 2.38. The van der Waals surface area contributed by atoms with E-state index in [0.29, 0.717) is 23.1 Å². The molecule has 0 aliphatic rings. The first-order valence-electron chi connectivity index (χ1n) is 4.81. The van der Waals surface area contributed by atoms with Crippen molar-refractivity contribution in [3.8, 4) is 0 Å². The van der Waals surface area contributed by atoms with E-state index in [2.05, 4.69) is 0 Å². The predicted molar refractivity (Wildman–Crippen MR) is 59.6 cm³/mol. The van der Waals surface area contributed by atoms with Crippen LogP contribution in [0.15, 0.2) is 24.3 Å². The topological polar surface area (TPSA) is 26.0 Å². The Balaban J connectivity index is 2.57. The Morgan fingerprint density at radius 1 is 1.25 bits per heavy atom. The van der Waals surface area contributed by atoms with Crippen LogP contribution in [0.5, 0.6) is 0 Å². The molecule has 2 N–H and O–H groups in total. The van der Waals surface area contributed by atoms with Crippen LogP contribution in [0.1, 0.15) is 10.4 Å². The van der Waals surface area contributed by atoms with Crippen LogP contribution in [-0.2, 0) is 12.6 Å². The van der Waals surface area contributed by atoms with Crippen molar-refractivity contribution < 1.29 is 13.2 Å². The molecule has 0 amide bonds. The van der Waals surface area contributed by atoms with E-state index in [1.807, 2.05) is 6.07 Å². The Morgan fingerprint density at radius 2 is 2.00 bits per heavy atom. The molecule has 0 atom stereocenters. The maximum Gasteiger partial charge on any atom is 0.425 e. The Hall–Kier alpha value is -1.07. The van der Waals surface area contributed by atoms with Gasteiger partial charge < -0.3 is 5.73 Å². The minimum atomic E-state index is -4.26. The first-order chi connectivity index (χ1) is 7.52. The molecule has 16 heavy (non-hydrogen) atoms. The van der Waals surface area contributed by atoms with Gasteiger partial charge in [-0.2, -0.15) is 13.2 Å². The third-order valence-corrected chi connectivity index (χ3v) is 3.49. The van der Waals surface area contributed by atoms with Gasteiger partial charge in [0.1, 0.15) is 4.88 Å². The number of hydrogen-bond donors (Lipinski definition) is 1. The fourth-order valence-electron chi connectivity index (χ4n) is 1.63. The molecule has 0 spiro atoms. The number of hydrogen-bond acceptors (Lipinski definition) is 2. The van der Waals surface area contributed by atoms with Crippen molar-refractivity contribution in [3.05, 3.63) is 34.7 Å².